The number of nitriles is 1. The molecule has 1 unspecified atom stereocenters. The Hall–Kier alpha value is -2.87. The molecule has 1 aliphatic carbocycles. The molecule has 3 rings (SSSR count). The van der Waals surface area contributed by atoms with Crippen LogP contribution in [0.1, 0.15) is 31.7 Å². The molecular formula is C21H23N3O2. The molecule has 0 aliphatic heterocycles. The van der Waals surface area contributed by atoms with Gasteiger partial charge in [0.2, 0.25) is 11.8 Å². The van der Waals surface area contributed by atoms with Crippen molar-refractivity contribution in [2.24, 2.45) is 5.41 Å². The number of benzene rings is 2. The Morgan fingerprint density at radius 2 is 1.92 bits per heavy atom. The number of rotatable bonds is 7. The maximum atomic E-state index is 12.5. The monoisotopic (exact) mass is 349 g/mol. The fourth-order valence-corrected chi connectivity index (χ4v) is 2.92. The average molecular weight is 349 g/mol. The lowest BCUT2D eigenvalue weighted by molar-refractivity contribution is -0.131. The van der Waals surface area contributed by atoms with Crippen molar-refractivity contribution in [2.75, 3.05) is 6.54 Å². The number of nitrogens with one attached hydrogen (secondary N) is 2. The molecule has 0 saturated heterocycles. The van der Waals surface area contributed by atoms with Crippen LogP contribution in [0.2, 0.25) is 0 Å². The average Bonchev–Trinajstić information content (AvgIpc) is 3.40. The molecule has 1 saturated carbocycles. The first-order valence-electron chi connectivity index (χ1n) is 8.95. The fourth-order valence-electron chi connectivity index (χ4n) is 2.92. The van der Waals surface area contributed by atoms with Gasteiger partial charge in [0, 0.05) is 18.4 Å². The Morgan fingerprint density at radius 3 is 2.62 bits per heavy atom. The summed E-state index contributed by atoms with van der Waals surface area (Å²) in [5, 5.41) is 16.5. The molecule has 2 N–H and O–H groups in total. The number of fused-ring (bicyclic) bond motifs is 1. The van der Waals surface area contributed by atoms with Gasteiger partial charge in [0.05, 0.1) is 12.5 Å². The molecule has 134 valence electrons. The molecular weight excluding hydrogens is 326 g/mol. The molecule has 5 nitrogen and oxygen atoms in total. The zero-order chi connectivity index (χ0) is 18.6. The molecule has 2 aromatic rings. The van der Waals surface area contributed by atoms with Gasteiger partial charge in [-0.15, -0.1) is 0 Å². The number of amides is 2. The zero-order valence-electron chi connectivity index (χ0n) is 14.9. The lowest BCUT2D eigenvalue weighted by Crippen LogP contribution is -2.50. The zero-order valence-corrected chi connectivity index (χ0v) is 14.9. The first-order valence-corrected chi connectivity index (χ1v) is 8.95. The van der Waals surface area contributed by atoms with Crippen LogP contribution in [0.15, 0.2) is 42.5 Å². The van der Waals surface area contributed by atoms with E-state index in [1.807, 2.05) is 49.4 Å². The second-order valence-electron chi connectivity index (χ2n) is 7.17. The molecule has 26 heavy (non-hydrogen) atoms. The van der Waals surface area contributed by atoms with Gasteiger partial charge in [-0.2, -0.15) is 5.26 Å². The van der Waals surface area contributed by atoms with Gasteiger partial charge in [0.15, 0.2) is 0 Å². The predicted octanol–water partition coefficient (Wildman–Crippen LogP) is 2.70. The number of carbonyl (C=O) groups excluding carboxylic acids is 2. The van der Waals surface area contributed by atoms with E-state index in [9.17, 15) is 9.59 Å². The van der Waals surface area contributed by atoms with Gasteiger partial charge in [-0.3, -0.25) is 9.59 Å². The smallest absolute Gasteiger partial charge is 0.242 e. The van der Waals surface area contributed by atoms with Crippen molar-refractivity contribution >= 4 is 22.6 Å². The lowest BCUT2D eigenvalue weighted by atomic mass is 10.00. The van der Waals surface area contributed by atoms with E-state index in [1.54, 1.807) is 0 Å². The van der Waals surface area contributed by atoms with E-state index in [-0.39, 0.29) is 30.2 Å². The topological polar surface area (TPSA) is 82.0 Å². The maximum Gasteiger partial charge on any atom is 0.242 e. The Bertz CT molecular complexity index is 865. The van der Waals surface area contributed by atoms with E-state index in [2.05, 4.69) is 16.7 Å². The quantitative estimate of drug-likeness (QED) is 0.754. The van der Waals surface area contributed by atoms with Gasteiger partial charge in [-0.05, 0) is 29.2 Å². The minimum Gasteiger partial charge on any atom is -0.353 e. The van der Waals surface area contributed by atoms with Crippen LogP contribution in [-0.2, 0) is 16.0 Å². The summed E-state index contributed by atoms with van der Waals surface area (Å²) in [6.07, 6.45) is 2.39. The van der Waals surface area contributed by atoms with E-state index >= 15 is 0 Å². The van der Waals surface area contributed by atoms with Gasteiger partial charge in [-0.1, -0.05) is 49.4 Å². The third-order valence-electron chi connectivity index (χ3n) is 4.96. The highest BCUT2D eigenvalue weighted by atomic mass is 16.2. The van der Waals surface area contributed by atoms with Crippen molar-refractivity contribution in [1.82, 2.24) is 10.6 Å². The Labute approximate surface area is 153 Å². The van der Waals surface area contributed by atoms with Crippen LogP contribution in [0, 0.1) is 16.7 Å². The van der Waals surface area contributed by atoms with Crippen LogP contribution in [0.25, 0.3) is 10.8 Å². The second kappa shape index (κ2) is 7.57. The van der Waals surface area contributed by atoms with Crippen LogP contribution < -0.4 is 10.6 Å². The number of carbonyl (C=O) groups is 2. The summed E-state index contributed by atoms with van der Waals surface area (Å²) in [6.45, 7) is 2.21. The first kappa shape index (κ1) is 17.9. The Kier molecular flexibility index (Phi) is 5.22. The number of hydrogen-bond donors (Lipinski definition) is 2. The van der Waals surface area contributed by atoms with Crippen molar-refractivity contribution in [2.45, 2.75) is 38.6 Å². The van der Waals surface area contributed by atoms with E-state index in [0.717, 1.165) is 29.2 Å². The fraction of sp³-hybridized carbons (Fsp3) is 0.381. The molecule has 1 atom stereocenters. The maximum absolute atomic E-state index is 12.5. The van der Waals surface area contributed by atoms with E-state index in [4.69, 9.17) is 5.26 Å². The van der Waals surface area contributed by atoms with Crippen molar-refractivity contribution < 1.29 is 9.59 Å². The Balaban J connectivity index is 1.75. The molecule has 0 heterocycles. The minimum absolute atomic E-state index is 0.0706. The van der Waals surface area contributed by atoms with Gasteiger partial charge >= 0.3 is 0 Å². The third-order valence-corrected chi connectivity index (χ3v) is 4.96. The molecule has 5 heteroatoms. The van der Waals surface area contributed by atoms with Gasteiger partial charge in [-0.25, -0.2) is 0 Å². The lowest BCUT2D eigenvalue weighted by Gasteiger charge is -2.20. The number of hydrogen-bond acceptors (Lipinski definition) is 3. The van der Waals surface area contributed by atoms with E-state index in [0.29, 0.717) is 6.42 Å². The molecule has 0 spiro atoms. The summed E-state index contributed by atoms with van der Waals surface area (Å²) in [6, 6.07) is 15.5. The van der Waals surface area contributed by atoms with Crippen LogP contribution >= 0.6 is 0 Å². The van der Waals surface area contributed by atoms with Crippen LogP contribution in [0.5, 0.6) is 0 Å². The highest BCUT2D eigenvalue weighted by Crippen LogP contribution is 2.45. The summed E-state index contributed by atoms with van der Waals surface area (Å²) in [7, 11) is 0. The third kappa shape index (κ3) is 4.20. The van der Waals surface area contributed by atoms with Crippen molar-refractivity contribution in [3.05, 3.63) is 48.0 Å². The molecule has 1 fully saturated rings. The summed E-state index contributed by atoms with van der Waals surface area (Å²) in [5.41, 5.74) is 0.652. The highest BCUT2D eigenvalue weighted by molar-refractivity contribution is 5.91. The summed E-state index contributed by atoms with van der Waals surface area (Å²) in [5.74, 6) is -0.315. The molecule has 1 aliphatic rings. The Morgan fingerprint density at radius 1 is 1.19 bits per heavy atom. The summed E-state index contributed by atoms with van der Waals surface area (Å²) >= 11 is 0. The van der Waals surface area contributed by atoms with Gasteiger partial charge < -0.3 is 10.6 Å². The van der Waals surface area contributed by atoms with Crippen molar-refractivity contribution in [3.8, 4) is 6.07 Å². The second-order valence-corrected chi connectivity index (χ2v) is 7.17. The normalized spacial score (nSPS) is 15.7. The summed E-state index contributed by atoms with van der Waals surface area (Å²) < 4.78 is 0. The first-order chi connectivity index (χ1) is 12.5. The van der Waals surface area contributed by atoms with Crippen molar-refractivity contribution in [1.29, 1.82) is 5.26 Å². The molecule has 2 aromatic carbocycles. The van der Waals surface area contributed by atoms with Crippen LogP contribution in [0.4, 0.5) is 0 Å². The standard InChI is InChI=1S/C21H23N3O2/c1-21(9-10-21)20(26)24-18(19(25)23-12-4-11-22)14-15-7-8-16-5-2-3-6-17(16)13-15/h2-3,5-8,13,18H,4,9-10,12,14H2,1H3,(H,23,25)(H,24,26). The van der Waals surface area contributed by atoms with Crippen LogP contribution in [0.3, 0.4) is 0 Å². The van der Waals surface area contributed by atoms with Gasteiger partial charge in [0.1, 0.15) is 6.04 Å². The predicted molar refractivity (Wildman–Crippen MR) is 100 cm³/mol. The highest BCUT2D eigenvalue weighted by Gasteiger charge is 2.45. The van der Waals surface area contributed by atoms with E-state index < -0.39 is 6.04 Å². The van der Waals surface area contributed by atoms with E-state index in [1.165, 1.54) is 0 Å². The number of nitrogens with zero attached hydrogens (tertiary/aromatic N) is 1. The molecule has 0 radical (unpaired) electrons. The minimum atomic E-state index is -0.639. The molecule has 0 aromatic heterocycles. The van der Waals surface area contributed by atoms with Crippen LogP contribution in [-0.4, -0.2) is 24.4 Å². The van der Waals surface area contributed by atoms with Gasteiger partial charge in [0.25, 0.3) is 0 Å². The molecule has 0 bridgehead atoms. The van der Waals surface area contributed by atoms with Crippen molar-refractivity contribution in [3.63, 3.8) is 0 Å². The summed E-state index contributed by atoms with van der Waals surface area (Å²) in [4.78, 5) is 25.0. The largest absolute Gasteiger partial charge is 0.353 e. The molecule has 2 amide bonds. The SMILES string of the molecule is CC1(C(=O)NC(Cc2ccc3ccccc3c2)C(=O)NCCC#N)CC1.